The maximum Gasteiger partial charge on any atom is 0.247 e. The van der Waals surface area contributed by atoms with Crippen LogP contribution in [0.15, 0.2) is 52.6 Å². The lowest BCUT2D eigenvalue weighted by Gasteiger charge is -2.05. The third-order valence-corrected chi connectivity index (χ3v) is 3.39. The van der Waals surface area contributed by atoms with Crippen molar-refractivity contribution in [1.29, 1.82) is 0 Å². The molecule has 2 aromatic heterocycles. The first-order valence-electron chi connectivity index (χ1n) is 5.55. The lowest BCUT2D eigenvalue weighted by molar-refractivity contribution is 0.568. The molecule has 1 N–H and O–H groups in total. The third-order valence-electron chi connectivity index (χ3n) is 2.52. The largest absolute Gasteiger partial charge is 0.423 e. The summed E-state index contributed by atoms with van der Waals surface area (Å²) >= 11 is 1.74. The number of benzene rings is 1. The van der Waals surface area contributed by atoms with Crippen LogP contribution >= 0.6 is 11.3 Å². The van der Waals surface area contributed by atoms with Crippen LogP contribution in [0.5, 0.6) is 0 Å². The van der Waals surface area contributed by atoms with Crippen molar-refractivity contribution in [3.05, 3.63) is 53.0 Å². The highest BCUT2D eigenvalue weighted by Crippen LogP contribution is 2.21. The van der Waals surface area contributed by atoms with E-state index in [-0.39, 0.29) is 0 Å². The highest BCUT2D eigenvalue weighted by atomic mass is 32.1. The molecule has 0 aliphatic rings. The summed E-state index contributed by atoms with van der Waals surface area (Å²) in [4.78, 5) is 1.30. The molecule has 1 aromatic carbocycles. The average Bonchev–Trinajstić information content (AvgIpc) is 3.10. The predicted octanol–water partition coefficient (Wildman–Crippen LogP) is 3.41. The first-order chi connectivity index (χ1) is 8.92. The van der Waals surface area contributed by atoms with Crippen LogP contribution in [0.1, 0.15) is 4.88 Å². The van der Waals surface area contributed by atoms with Gasteiger partial charge >= 0.3 is 0 Å². The van der Waals surface area contributed by atoms with Gasteiger partial charge < -0.3 is 9.73 Å². The van der Waals surface area contributed by atoms with Gasteiger partial charge in [-0.3, -0.25) is 0 Å². The van der Waals surface area contributed by atoms with Crippen molar-refractivity contribution < 1.29 is 4.42 Å². The van der Waals surface area contributed by atoms with Crippen molar-refractivity contribution >= 4 is 17.0 Å². The molecule has 0 spiro atoms. The second-order valence-corrected chi connectivity index (χ2v) is 4.79. The molecule has 0 aliphatic heterocycles. The van der Waals surface area contributed by atoms with E-state index in [0.717, 1.165) is 17.8 Å². The molecule has 0 radical (unpaired) electrons. The van der Waals surface area contributed by atoms with Gasteiger partial charge in [-0.2, -0.15) is 0 Å². The van der Waals surface area contributed by atoms with Gasteiger partial charge in [0.1, 0.15) is 0 Å². The van der Waals surface area contributed by atoms with Crippen molar-refractivity contribution in [2.75, 3.05) is 5.32 Å². The molecular formula is C13H11N3OS. The normalized spacial score (nSPS) is 10.4. The number of nitrogens with zero attached hydrogens (tertiary/aromatic N) is 2. The Morgan fingerprint density at radius 3 is 3.00 bits per heavy atom. The summed E-state index contributed by atoms with van der Waals surface area (Å²) in [6, 6.07) is 12.1. The summed E-state index contributed by atoms with van der Waals surface area (Å²) in [6.07, 6.45) is 1.33. The van der Waals surface area contributed by atoms with Crippen LogP contribution in [0.25, 0.3) is 11.5 Å². The monoisotopic (exact) mass is 257 g/mol. The Morgan fingerprint density at radius 2 is 2.22 bits per heavy atom. The Morgan fingerprint density at radius 1 is 1.22 bits per heavy atom. The molecule has 0 saturated heterocycles. The zero-order chi connectivity index (χ0) is 12.2. The molecule has 5 heteroatoms. The van der Waals surface area contributed by atoms with Crippen LogP contribution < -0.4 is 5.32 Å². The van der Waals surface area contributed by atoms with Gasteiger partial charge in [0.25, 0.3) is 0 Å². The number of hydrogen-bond acceptors (Lipinski definition) is 5. The number of anilines is 1. The zero-order valence-electron chi connectivity index (χ0n) is 9.54. The number of hydrogen-bond donors (Lipinski definition) is 1. The van der Waals surface area contributed by atoms with Crippen LogP contribution in [-0.2, 0) is 6.54 Å². The van der Waals surface area contributed by atoms with E-state index < -0.39 is 0 Å². The Kier molecular flexibility index (Phi) is 3.06. The van der Waals surface area contributed by atoms with Gasteiger partial charge in [-0.15, -0.1) is 21.5 Å². The Bertz CT molecular complexity index is 605. The quantitative estimate of drug-likeness (QED) is 0.778. The van der Waals surface area contributed by atoms with E-state index >= 15 is 0 Å². The zero-order valence-corrected chi connectivity index (χ0v) is 10.4. The number of aromatic nitrogens is 2. The second-order valence-electron chi connectivity index (χ2n) is 3.76. The van der Waals surface area contributed by atoms with Gasteiger partial charge in [-0.05, 0) is 29.6 Å². The molecule has 0 unspecified atom stereocenters. The van der Waals surface area contributed by atoms with Crippen LogP contribution in [-0.4, -0.2) is 10.2 Å². The van der Waals surface area contributed by atoms with E-state index in [1.165, 1.54) is 11.3 Å². The number of nitrogens with one attached hydrogen (secondary N) is 1. The topological polar surface area (TPSA) is 51.0 Å². The van der Waals surface area contributed by atoms with E-state index in [9.17, 15) is 0 Å². The van der Waals surface area contributed by atoms with Gasteiger partial charge in [0.15, 0.2) is 0 Å². The van der Waals surface area contributed by atoms with E-state index in [2.05, 4.69) is 33.0 Å². The van der Waals surface area contributed by atoms with E-state index in [1.54, 1.807) is 11.3 Å². The van der Waals surface area contributed by atoms with Gasteiger partial charge in [0.2, 0.25) is 12.3 Å². The van der Waals surface area contributed by atoms with Crippen LogP contribution in [0, 0.1) is 0 Å². The third kappa shape index (κ3) is 2.41. The maximum atomic E-state index is 5.18. The Balaban J connectivity index is 1.75. The van der Waals surface area contributed by atoms with E-state index in [0.29, 0.717) is 5.89 Å². The summed E-state index contributed by atoms with van der Waals surface area (Å²) < 4.78 is 5.18. The van der Waals surface area contributed by atoms with Crippen molar-refractivity contribution in [2.24, 2.45) is 0 Å². The molecule has 0 aliphatic carbocycles. The molecule has 0 amide bonds. The fourth-order valence-electron chi connectivity index (χ4n) is 1.66. The minimum atomic E-state index is 0.537. The molecule has 0 fully saturated rings. The molecule has 18 heavy (non-hydrogen) atoms. The molecule has 2 heterocycles. The highest BCUT2D eigenvalue weighted by Gasteiger charge is 2.04. The maximum absolute atomic E-state index is 5.18. The second kappa shape index (κ2) is 5.01. The SMILES string of the molecule is c1cc(NCc2cccs2)cc(-c2nnco2)c1. The summed E-state index contributed by atoms with van der Waals surface area (Å²) in [7, 11) is 0. The van der Waals surface area contributed by atoms with Gasteiger partial charge in [-0.25, -0.2) is 0 Å². The van der Waals surface area contributed by atoms with Crippen LogP contribution in [0.3, 0.4) is 0 Å². The first-order valence-corrected chi connectivity index (χ1v) is 6.42. The number of thiophene rings is 1. The molecular weight excluding hydrogens is 246 g/mol. The summed E-state index contributed by atoms with van der Waals surface area (Å²) in [5, 5.41) is 13.0. The molecule has 3 rings (SSSR count). The van der Waals surface area contributed by atoms with Crippen molar-refractivity contribution in [3.63, 3.8) is 0 Å². The molecule has 3 aromatic rings. The first kappa shape index (κ1) is 11.0. The molecule has 0 bridgehead atoms. The summed E-state index contributed by atoms with van der Waals surface area (Å²) in [6.45, 7) is 0.824. The van der Waals surface area contributed by atoms with Crippen molar-refractivity contribution in [1.82, 2.24) is 10.2 Å². The predicted molar refractivity (Wildman–Crippen MR) is 71.4 cm³/mol. The lowest BCUT2D eigenvalue weighted by atomic mass is 10.2. The average molecular weight is 257 g/mol. The van der Waals surface area contributed by atoms with Crippen LogP contribution in [0.4, 0.5) is 5.69 Å². The molecule has 90 valence electrons. The van der Waals surface area contributed by atoms with Crippen molar-refractivity contribution in [3.8, 4) is 11.5 Å². The van der Waals surface area contributed by atoms with Crippen LogP contribution in [0.2, 0.25) is 0 Å². The van der Waals surface area contributed by atoms with E-state index in [1.807, 2.05) is 24.3 Å². The standard InChI is InChI=1S/C13H11N3OS/c1-3-10(13-16-15-9-17-13)7-11(4-1)14-8-12-5-2-6-18-12/h1-7,9,14H,8H2. The minimum Gasteiger partial charge on any atom is -0.423 e. The molecule has 0 atom stereocenters. The Labute approximate surface area is 108 Å². The fourth-order valence-corrected chi connectivity index (χ4v) is 2.31. The van der Waals surface area contributed by atoms with Gasteiger partial charge in [0.05, 0.1) is 0 Å². The summed E-state index contributed by atoms with van der Waals surface area (Å²) in [5.41, 5.74) is 1.96. The highest BCUT2D eigenvalue weighted by molar-refractivity contribution is 7.09. The molecule has 0 saturated carbocycles. The van der Waals surface area contributed by atoms with Gasteiger partial charge in [0, 0.05) is 22.7 Å². The molecule has 4 nitrogen and oxygen atoms in total. The minimum absolute atomic E-state index is 0.537. The Hall–Kier alpha value is -2.14. The fraction of sp³-hybridized carbons (Fsp3) is 0.0769. The van der Waals surface area contributed by atoms with Crippen molar-refractivity contribution in [2.45, 2.75) is 6.54 Å². The lowest BCUT2D eigenvalue weighted by Crippen LogP contribution is -1.97. The van der Waals surface area contributed by atoms with Gasteiger partial charge in [-0.1, -0.05) is 12.1 Å². The van der Waals surface area contributed by atoms with E-state index in [4.69, 9.17) is 4.42 Å². The summed E-state index contributed by atoms with van der Waals surface area (Å²) in [5.74, 6) is 0.537. The smallest absolute Gasteiger partial charge is 0.247 e. The number of rotatable bonds is 4.